The van der Waals surface area contributed by atoms with E-state index in [1.807, 2.05) is 37.3 Å². The topological polar surface area (TPSA) is 55.8 Å². The highest BCUT2D eigenvalue weighted by molar-refractivity contribution is 6.74. The predicted octanol–water partition coefficient (Wildman–Crippen LogP) is 4.32. The van der Waals surface area contributed by atoms with Crippen molar-refractivity contribution in [3.05, 3.63) is 35.9 Å². The Labute approximate surface area is 153 Å². The van der Waals surface area contributed by atoms with Crippen LogP contribution in [0.5, 0.6) is 0 Å². The van der Waals surface area contributed by atoms with Gasteiger partial charge in [0, 0.05) is 6.42 Å². The van der Waals surface area contributed by atoms with Gasteiger partial charge in [-0.3, -0.25) is 0 Å². The molecule has 0 radical (unpaired) electrons. The van der Waals surface area contributed by atoms with Crippen molar-refractivity contribution in [1.29, 1.82) is 0 Å². The first-order chi connectivity index (χ1) is 11.4. The zero-order chi connectivity index (χ0) is 19.3. The summed E-state index contributed by atoms with van der Waals surface area (Å²) < 4.78 is 12.5. The van der Waals surface area contributed by atoms with Gasteiger partial charge >= 0.3 is 0 Å². The molecule has 0 unspecified atom stereocenters. The van der Waals surface area contributed by atoms with Gasteiger partial charge in [-0.1, -0.05) is 51.1 Å². The maximum Gasteiger partial charge on any atom is 0.192 e. The number of carbonyl (C=O) groups is 1. The predicted molar refractivity (Wildman–Crippen MR) is 104 cm³/mol. The molecule has 5 heteroatoms. The Balaban J connectivity index is 2.95. The number of ether oxygens (including phenoxy) is 1. The molecule has 3 atom stereocenters. The fraction of sp³-hybridized carbons (Fsp3) is 0.650. The van der Waals surface area contributed by atoms with Gasteiger partial charge in [0.25, 0.3) is 0 Å². The van der Waals surface area contributed by atoms with Crippen molar-refractivity contribution in [3.8, 4) is 0 Å². The van der Waals surface area contributed by atoms with Crippen LogP contribution in [0.3, 0.4) is 0 Å². The average molecular weight is 367 g/mol. The van der Waals surface area contributed by atoms with Crippen LogP contribution in [-0.2, 0) is 20.6 Å². The van der Waals surface area contributed by atoms with Gasteiger partial charge in [-0.15, -0.1) is 0 Å². The van der Waals surface area contributed by atoms with Crippen LogP contribution < -0.4 is 0 Å². The van der Waals surface area contributed by atoms with Gasteiger partial charge in [-0.05, 0) is 37.5 Å². The van der Waals surface area contributed by atoms with Crippen LogP contribution in [0.1, 0.15) is 46.6 Å². The summed E-state index contributed by atoms with van der Waals surface area (Å²) in [5.41, 5.74) is -0.257. The fourth-order valence-electron chi connectivity index (χ4n) is 2.57. The van der Waals surface area contributed by atoms with Crippen LogP contribution >= 0.6 is 0 Å². The van der Waals surface area contributed by atoms with Crippen LogP contribution in [-0.4, -0.2) is 37.5 Å². The summed E-state index contributed by atoms with van der Waals surface area (Å²) in [6.07, 6.45) is -0.165. The van der Waals surface area contributed by atoms with Gasteiger partial charge in [0.1, 0.15) is 12.4 Å². The van der Waals surface area contributed by atoms with Gasteiger partial charge < -0.3 is 19.1 Å². The molecule has 1 aromatic carbocycles. The SMILES string of the molecule is C[C@H](O[Si](C)(C)C(C)(C)C)[C@H](OCc1ccccc1)[C@](C)(O)CC=O. The number of aliphatic hydroxyl groups is 1. The summed E-state index contributed by atoms with van der Waals surface area (Å²) in [6, 6.07) is 9.81. The van der Waals surface area contributed by atoms with Crippen molar-refractivity contribution >= 4 is 14.6 Å². The standard InChI is InChI=1S/C20H34O4Si/c1-16(24-25(6,7)19(2,3)4)18(20(5,22)13-14-21)23-15-17-11-9-8-10-12-17/h8-12,14,16,18,22H,13,15H2,1-7H3/t16-,18-,20+/m0/s1. The van der Waals surface area contributed by atoms with Gasteiger partial charge in [-0.2, -0.15) is 0 Å². The smallest absolute Gasteiger partial charge is 0.192 e. The third kappa shape index (κ3) is 6.33. The molecule has 1 N–H and O–H groups in total. The lowest BCUT2D eigenvalue weighted by Crippen LogP contribution is -2.53. The molecule has 0 spiro atoms. The minimum absolute atomic E-state index is 0.0116. The summed E-state index contributed by atoms with van der Waals surface area (Å²) in [4.78, 5) is 11.0. The quantitative estimate of drug-likeness (QED) is 0.522. The average Bonchev–Trinajstić information content (AvgIpc) is 2.46. The Morgan fingerprint density at radius 1 is 1.16 bits per heavy atom. The molecule has 4 nitrogen and oxygen atoms in total. The minimum Gasteiger partial charge on any atom is -0.411 e. The zero-order valence-corrected chi connectivity index (χ0v) is 17.7. The molecule has 0 aliphatic heterocycles. The first-order valence-electron chi connectivity index (χ1n) is 8.90. The molecule has 142 valence electrons. The second-order valence-electron chi connectivity index (χ2n) is 8.53. The number of rotatable bonds is 9. The van der Waals surface area contributed by atoms with E-state index in [-0.39, 0.29) is 17.6 Å². The number of benzene rings is 1. The summed E-state index contributed by atoms with van der Waals surface area (Å²) in [6.45, 7) is 14.8. The number of carbonyl (C=O) groups excluding carboxylic acids is 1. The summed E-state index contributed by atoms with van der Waals surface area (Å²) in [5.74, 6) is 0. The number of aldehydes is 1. The summed E-state index contributed by atoms with van der Waals surface area (Å²) >= 11 is 0. The molecule has 25 heavy (non-hydrogen) atoms. The van der Waals surface area contributed by atoms with Gasteiger partial charge in [0.15, 0.2) is 8.32 Å². The highest BCUT2D eigenvalue weighted by Gasteiger charge is 2.43. The normalized spacial score (nSPS) is 17.6. The number of hydrogen-bond donors (Lipinski definition) is 1. The lowest BCUT2D eigenvalue weighted by atomic mass is 9.92. The summed E-state index contributed by atoms with van der Waals surface area (Å²) in [7, 11) is -2.02. The molecule has 0 aliphatic carbocycles. The van der Waals surface area contributed by atoms with E-state index in [9.17, 15) is 9.90 Å². The maximum atomic E-state index is 11.0. The van der Waals surface area contributed by atoms with Gasteiger partial charge in [-0.25, -0.2) is 0 Å². The molecule has 1 rings (SSSR count). The lowest BCUT2D eigenvalue weighted by molar-refractivity contribution is -0.151. The van der Waals surface area contributed by atoms with E-state index in [0.717, 1.165) is 11.8 Å². The van der Waals surface area contributed by atoms with Crippen LogP contribution in [0.2, 0.25) is 18.1 Å². The van der Waals surface area contributed by atoms with E-state index >= 15 is 0 Å². The maximum absolute atomic E-state index is 11.0. The third-order valence-corrected chi connectivity index (χ3v) is 9.67. The molecule has 1 aromatic rings. The first-order valence-corrected chi connectivity index (χ1v) is 11.8. The minimum atomic E-state index is -2.02. The van der Waals surface area contributed by atoms with Crippen molar-refractivity contribution in [2.75, 3.05) is 0 Å². The Bertz CT molecular complexity index is 534. The molecule has 0 fully saturated rings. The van der Waals surface area contributed by atoms with E-state index in [1.165, 1.54) is 0 Å². The molecular weight excluding hydrogens is 332 g/mol. The molecule has 0 aromatic heterocycles. The molecule has 0 saturated carbocycles. The van der Waals surface area contributed by atoms with E-state index in [0.29, 0.717) is 6.61 Å². The highest BCUT2D eigenvalue weighted by atomic mass is 28.4. The summed E-state index contributed by atoms with van der Waals surface area (Å²) in [5, 5.41) is 10.9. The van der Waals surface area contributed by atoms with Crippen molar-refractivity contribution in [2.24, 2.45) is 0 Å². The van der Waals surface area contributed by atoms with Crippen molar-refractivity contribution in [1.82, 2.24) is 0 Å². The zero-order valence-electron chi connectivity index (χ0n) is 16.7. The second-order valence-corrected chi connectivity index (χ2v) is 13.3. The van der Waals surface area contributed by atoms with E-state index in [2.05, 4.69) is 33.9 Å². The van der Waals surface area contributed by atoms with E-state index in [1.54, 1.807) is 6.92 Å². The molecular formula is C20H34O4Si. The first kappa shape index (κ1) is 22.0. The van der Waals surface area contributed by atoms with Crippen molar-refractivity contribution < 1.29 is 19.1 Å². The Hall–Kier alpha value is -1.01. The molecule has 0 heterocycles. The molecule has 0 amide bonds. The van der Waals surface area contributed by atoms with Crippen molar-refractivity contribution in [3.63, 3.8) is 0 Å². The third-order valence-electron chi connectivity index (χ3n) is 5.09. The van der Waals surface area contributed by atoms with Crippen LogP contribution in [0.25, 0.3) is 0 Å². The van der Waals surface area contributed by atoms with Crippen molar-refractivity contribution in [2.45, 2.75) is 83.6 Å². The van der Waals surface area contributed by atoms with E-state index in [4.69, 9.17) is 9.16 Å². The largest absolute Gasteiger partial charge is 0.411 e. The van der Waals surface area contributed by atoms with Crippen LogP contribution in [0.15, 0.2) is 30.3 Å². The molecule has 0 aliphatic rings. The van der Waals surface area contributed by atoms with E-state index < -0.39 is 20.0 Å². The lowest BCUT2D eigenvalue weighted by Gasteiger charge is -2.43. The van der Waals surface area contributed by atoms with Gasteiger partial charge in [0.2, 0.25) is 0 Å². The molecule has 0 bridgehead atoms. The van der Waals surface area contributed by atoms with Crippen LogP contribution in [0.4, 0.5) is 0 Å². The van der Waals surface area contributed by atoms with Crippen LogP contribution in [0, 0.1) is 0 Å². The van der Waals surface area contributed by atoms with Gasteiger partial charge in [0.05, 0.1) is 18.3 Å². The highest BCUT2D eigenvalue weighted by Crippen LogP contribution is 2.38. The Morgan fingerprint density at radius 3 is 2.20 bits per heavy atom. The monoisotopic (exact) mass is 366 g/mol. The Kier molecular flexibility index (Phi) is 7.56. The fourth-order valence-corrected chi connectivity index (χ4v) is 3.98. The number of hydrogen-bond acceptors (Lipinski definition) is 4. The molecule has 0 saturated heterocycles. The second kappa shape index (κ2) is 8.58. The Morgan fingerprint density at radius 2 is 1.72 bits per heavy atom.